The predicted octanol–water partition coefficient (Wildman–Crippen LogP) is -3.30. The zero-order chi connectivity index (χ0) is 10.6. The lowest BCUT2D eigenvalue weighted by atomic mass is 10.2. The summed E-state index contributed by atoms with van der Waals surface area (Å²) in [4.78, 5) is 30.8. The van der Waals surface area contributed by atoms with Crippen molar-refractivity contribution >= 4 is 35.3 Å². The van der Waals surface area contributed by atoms with Gasteiger partial charge in [0.15, 0.2) is 29.6 Å². The molecule has 0 aliphatic heterocycles. The van der Waals surface area contributed by atoms with Crippen LogP contribution in [0.4, 0.5) is 0 Å². The minimum Gasteiger partial charge on any atom is -0.479 e. The predicted molar refractivity (Wildman–Crippen MR) is 46.4 cm³/mol. The fraction of sp³-hybridized carbons (Fsp3) is 0.500. The van der Waals surface area contributed by atoms with Crippen molar-refractivity contribution in [3.63, 3.8) is 0 Å². The van der Waals surface area contributed by atoms with Crippen LogP contribution in [0.2, 0.25) is 0 Å². The Bertz CT molecular complexity index is 238. The lowest BCUT2D eigenvalue weighted by Crippen LogP contribution is -2.41. The van der Waals surface area contributed by atoms with Gasteiger partial charge in [0.05, 0.1) is 0 Å². The van der Waals surface area contributed by atoms with Gasteiger partial charge >= 0.3 is 17.9 Å². The molecular weight excluding hydrogens is 211 g/mol. The van der Waals surface area contributed by atoms with E-state index in [0.717, 1.165) is 6.92 Å². The molecule has 0 rings (SSSR count). The number of aliphatic hydroxyl groups excluding tert-OH is 2. The summed E-state index contributed by atoms with van der Waals surface area (Å²) in [5.41, 5.74) is 0. The van der Waals surface area contributed by atoms with Crippen molar-refractivity contribution in [3.05, 3.63) is 0 Å². The van der Waals surface area contributed by atoms with Gasteiger partial charge in [-0.25, -0.2) is 9.59 Å². The molecular formula is C6H11AlO7. The highest BCUT2D eigenvalue weighted by atomic mass is 27.0. The zero-order valence-corrected chi connectivity index (χ0v) is 6.63. The van der Waals surface area contributed by atoms with E-state index in [4.69, 9.17) is 15.3 Å². The average molecular weight is 222 g/mol. The molecule has 80 valence electrons. The zero-order valence-electron chi connectivity index (χ0n) is 6.63. The minimum absolute atomic E-state index is 0. The second-order valence-electron chi connectivity index (χ2n) is 2.14. The Morgan fingerprint density at radius 2 is 1.57 bits per heavy atom. The molecule has 0 saturated carbocycles. The van der Waals surface area contributed by atoms with Crippen molar-refractivity contribution in [2.75, 3.05) is 0 Å². The van der Waals surface area contributed by atoms with Gasteiger partial charge in [0, 0.05) is 6.92 Å². The van der Waals surface area contributed by atoms with Crippen LogP contribution in [0.15, 0.2) is 0 Å². The number of carboxylic acid groups (broad SMARTS) is 1. The van der Waals surface area contributed by atoms with E-state index in [2.05, 4.69) is 4.74 Å². The van der Waals surface area contributed by atoms with Crippen LogP contribution >= 0.6 is 0 Å². The number of aliphatic carboxylic acids is 1. The first-order chi connectivity index (χ1) is 5.86. The normalized spacial score (nSPS) is 13.4. The van der Waals surface area contributed by atoms with E-state index in [1.165, 1.54) is 0 Å². The van der Waals surface area contributed by atoms with Gasteiger partial charge < -0.3 is 20.1 Å². The van der Waals surface area contributed by atoms with E-state index < -0.39 is 30.1 Å². The highest BCUT2D eigenvalue weighted by Crippen LogP contribution is 1.97. The summed E-state index contributed by atoms with van der Waals surface area (Å²) in [6.07, 6.45) is -4.56. The number of carbonyl (C=O) groups excluding carboxylic acids is 2. The third-order valence-electron chi connectivity index (χ3n) is 1.04. The average Bonchev–Trinajstić information content (AvgIpc) is 2.00. The van der Waals surface area contributed by atoms with E-state index in [1.807, 2.05) is 0 Å². The SMILES string of the molecule is CC(=O)OC(=O)C(O)C(O)C(=O)O.[AlH3]. The minimum atomic E-state index is -2.30. The van der Waals surface area contributed by atoms with Gasteiger partial charge in [-0.1, -0.05) is 0 Å². The first kappa shape index (κ1) is 15.5. The van der Waals surface area contributed by atoms with Crippen LogP contribution in [-0.2, 0) is 19.1 Å². The molecule has 2 unspecified atom stereocenters. The Hall–Kier alpha value is -0.938. The third-order valence-corrected chi connectivity index (χ3v) is 1.04. The van der Waals surface area contributed by atoms with Crippen LogP contribution in [0.1, 0.15) is 6.92 Å². The van der Waals surface area contributed by atoms with Crippen LogP contribution in [0, 0.1) is 0 Å². The lowest BCUT2D eigenvalue weighted by Gasteiger charge is -2.10. The fourth-order valence-corrected chi connectivity index (χ4v) is 0.466. The van der Waals surface area contributed by atoms with Crippen LogP contribution in [0.5, 0.6) is 0 Å². The molecule has 0 heterocycles. The number of ether oxygens (including phenoxy) is 1. The highest BCUT2D eigenvalue weighted by molar-refractivity contribution is 5.90. The molecule has 0 aromatic heterocycles. The number of hydrogen-bond acceptors (Lipinski definition) is 6. The second kappa shape index (κ2) is 6.51. The maximum absolute atomic E-state index is 10.6. The van der Waals surface area contributed by atoms with Crippen molar-refractivity contribution in [3.8, 4) is 0 Å². The Balaban J connectivity index is 0. The van der Waals surface area contributed by atoms with Gasteiger partial charge in [-0.2, -0.15) is 0 Å². The summed E-state index contributed by atoms with van der Waals surface area (Å²) in [5, 5.41) is 25.5. The summed E-state index contributed by atoms with van der Waals surface area (Å²) >= 11 is 0. The summed E-state index contributed by atoms with van der Waals surface area (Å²) in [5.74, 6) is -4.28. The molecule has 0 fully saturated rings. The monoisotopic (exact) mass is 222 g/mol. The number of carboxylic acids is 1. The molecule has 3 N–H and O–H groups in total. The smallest absolute Gasteiger partial charge is 0.345 e. The summed E-state index contributed by atoms with van der Waals surface area (Å²) in [7, 11) is 0. The number of aliphatic hydroxyl groups is 2. The molecule has 2 atom stereocenters. The summed E-state index contributed by atoms with van der Waals surface area (Å²) in [6, 6.07) is 0. The standard InChI is InChI=1S/C6H8O7.Al.3H/c1-2(7)13-6(12)4(9)3(8)5(10)11;;;;/h3-4,8-9H,1H3,(H,10,11);;;;. The van der Waals surface area contributed by atoms with Gasteiger partial charge in [-0.3, -0.25) is 4.79 Å². The molecule has 14 heavy (non-hydrogen) atoms. The highest BCUT2D eigenvalue weighted by Gasteiger charge is 2.32. The Labute approximate surface area is 89.4 Å². The van der Waals surface area contributed by atoms with Crippen LogP contribution in [0.25, 0.3) is 0 Å². The van der Waals surface area contributed by atoms with Gasteiger partial charge in [0.25, 0.3) is 0 Å². The number of esters is 2. The number of rotatable bonds is 3. The molecule has 0 aliphatic rings. The van der Waals surface area contributed by atoms with Gasteiger partial charge in [-0.05, 0) is 0 Å². The molecule has 0 saturated heterocycles. The van der Waals surface area contributed by atoms with Crippen LogP contribution in [-0.4, -0.2) is 62.8 Å². The topological polar surface area (TPSA) is 121 Å². The molecule has 0 bridgehead atoms. The van der Waals surface area contributed by atoms with Gasteiger partial charge in [0.1, 0.15) is 0 Å². The quantitative estimate of drug-likeness (QED) is 0.260. The third kappa shape index (κ3) is 4.94. The Morgan fingerprint density at radius 3 is 1.86 bits per heavy atom. The van der Waals surface area contributed by atoms with E-state index in [9.17, 15) is 14.4 Å². The summed E-state index contributed by atoms with van der Waals surface area (Å²) < 4.78 is 3.83. The number of hydrogen-bond donors (Lipinski definition) is 3. The molecule has 0 aliphatic carbocycles. The van der Waals surface area contributed by atoms with E-state index in [0.29, 0.717) is 0 Å². The first-order valence-corrected chi connectivity index (χ1v) is 3.17. The van der Waals surface area contributed by atoms with Crippen molar-refractivity contribution in [1.82, 2.24) is 0 Å². The molecule has 0 aromatic rings. The summed E-state index contributed by atoms with van der Waals surface area (Å²) in [6.45, 7) is 0.901. The van der Waals surface area contributed by atoms with Crippen LogP contribution in [0.3, 0.4) is 0 Å². The van der Waals surface area contributed by atoms with Crippen molar-refractivity contribution in [2.24, 2.45) is 0 Å². The molecule has 0 radical (unpaired) electrons. The molecule has 0 amide bonds. The molecule has 0 aromatic carbocycles. The molecule has 8 heteroatoms. The molecule has 7 nitrogen and oxygen atoms in total. The van der Waals surface area contributed by atoms with Gasteiger partial charge in [-0.15, -0.1) is 0 Å². The van der Waals surface area contributed by atoms with E-state index in [-0.39, 0.29) is 17.4 Å². The maximum Gasteiger partial charge on any atom is 0.345 e. The lowest BCUT2D eigenvalue weighted by molar-refractivity contribution is -0.174. The largest absolute Gasteiger partial charge is 0.479 e. The molecule has 0 spiro atoms. The Morgan fingerprint density at radius 1 is 1.14 bits per heavy atom. The van der Waals surface area contributed by atoms with Crippen molar-refractivity contribution < 1.29 is 34.4 Å². The van der Waals surface area contributed by atoms with Crippen molar-refractivity contribution in [2.45, 2.75) is 19.1 Å². The van der Waals surface area contributed by atoms with Gasteiger partial charge in [0.2, 0.25) is 0 Å². The van der Waals surface area contributed by atoms with E-state index >= 15 is 0 Å². The number of carbonyl (C=O) groups is 3. The van der Waals surface area contributed by atoms with Crippen molar-refractivity contribution in [1.29, 1.82) is 0 Å². The Kier molecular flexibility index (Phi) is 7.22. The first-order valence-electron chi connectivity index (χ1n) is 3.17. The van der Waals surface area contributed by atoms with E-state index in [1.54, 1.807) is 0 Å². The fourth-order valence-electron chi connectivity index (χ4n) is 0.466. The maximum atomic E-state index is 10.6. The second-order valence-corrected chi connectivity index (χ2v) is 2.14. The van der Waals surface area contributed by atoms with Crippen LogP contribution < -0.4 is 0 Å².